The molecular weight excluding hydrogens is 214 g/mol. The van der Waals surface area contributed by atoms with Crippen LogP contribution in [-0.2, 0) is 0 Å². The highest BCUT2D eigenvalue weighted by Crippen LogP contribution is 2.23. The smallest absolute Gasteiger partial charge is 0.270 e. The summed E-state index contributed by atoms with van der Waals surface area (Å²) in [4.78, 5) is 9.98. The van der Waals surface area contributed by atoms with Crippen molar-refractivity contribution in [2.75, 3.05) is 0 Å². The van der Waals surface area contributed by atoms with E-state index in [1.165, 1.54) is 24.3 Å². The number of non-ortho nitro benzene ring substituents is 1. The number of hydrogen-bond acceptors (Lipinski definition) is 6. The van der Waals surface area contributed by atoms with E-state index in [1.807, 2.05) is 0 Å². The summed E-state index contributed by atoms with van der Waals surface area (Å²) in [6.45, 7) is 0. The van der Waals surface area contributed by atoms with E-state index in [0.29, 0.717) is 11.0 Å². The fourth-order valence-corrected chi connectivity index (χ4v) is 1.31. The van der Waals surface area contributed by atoms with E-state index in [4.69, 9.17) is 10.3 Å². The fourth-order valence-electron chi connectivity index (χ4n) is 1.31. The second-order valence-electron chi connectivity index (χ2n) is 3.02. The van der Waals surface area contributed by atoms with Crippen LogP contribution in [0.25, 0.3) is 11.0 Å². The molecule has 2 rings (SSSR count). The Kier molecular flexibility index (Phi) is 2.20. The van der Waals surface area contributed by atoms with Crippen LogP contribution in [0.4, 0.5) is 5.69 Å². The maximum absolute atomic E-state index is 11.1. The van der Waals surface area contributed by atoms with Gasteiger partial charge in [-0.25, -0.2) is 0 Å². The van der Waals surface area contributed by atoms with Gasteiger partial charge in [-0.2, -0.15) is 5.10 Å². The Morgan fingerprint density at radius 3 is 2.81 bits per heavy atom. The van der Waals surface area contributed by atoms with E-state index in [9.17, 15) is 15.2 Å². The molecule has 7 heteroatoms. The number of hydrazone groups is 1. The highest BCUT2D eigenvalue weighted by atomic mass is 16.6. The standard InChI is InChI=1S/C9H7N3O4/c10-11-9(13)8-4-5-3-6(12(14)15)1-2-7(5)16-8/h1-4H,10H2,(H,11,13)/p-1. The zero-order valence-electron chi connectivity index (χ0n) is 7.91. The minimum Gasteiger partial charge on any atom is -0.855 e. The van der Waals surface area contributed by atoms with Crippen LogP contribution in [-0.4, -0.2) is 10.8 Å². The fraction of sp³-hybridized carbons (Fsp3) is 0. The lowest BCUT2D eigenvalue weighted by Crippen LogP contribution is -2.19. The third kappa shape index (κ3) is 1.54. The van der Waals surface area contributed by atoms with Crippen LogP contribution in [0.1, 0.15) is 5.76 Å². The van der Waals surface area contributed by atoms with Gasteiger partial charge >= 0.3 is 0 Å². The van der Waals surface area contributed by atoms with Crippen LogP contribution in [0.3, 0.4) is 0 Å². The molecule has 2 aromatic rings. The van der Waals surface area contributed by atoms with Crippen LogP contribution in [0.15, 0.2) is 33.8 Å². The van der Waals surface area contributed by atoms with Crippen molar-refractivity contribution >= 4 is 22.6 Å². The zero-order chi connectivity index (χ0) is 11.7. The van der Waals surface area contributed by atoms with Crippen molar-refractivity contribution in [3.63, 3.8) is 0 Å². The van der Waals surface area contributed by atoms with Gasteiger partial charge in [0.1, 0.15) is 11.3 Å². The van der Waals surface area contributed by atoms with E-state index in [0.717, 1.165) is 0 Å². The van der Waals surface area contributed by atoms with Crippen molar-refractivity contribution in [3.05, 3.63) is 40.1 Å². The predicted octanol–water partition coefficient (Wildman–Crippen LogP) is 0.322. The monoisotopic (exact) mass is 220 g/mol. The summed E-state index contributed by atoms with van der Waals surface area (Å²) in [7, 11) is 0. The maximum Gasteiger partial charge on any atom is 0.270 e. The van der Waals surface area contributed by atoms with Crippen molar-refractivity contribution in [2.45, 2.75) is 0 Å². The number of fused-ring (bicyclic) bond motifs is 1. The average molecular weight is 220 g/mol. The number of nitrogens with two attached hydrogens (primary N) is 1. The first kappa shape index (κ1) is 9.97. The molecule has 0 aliphatic rings. The molecule has 0 amide bonds. The van der Waals surface area contributed by atoms with Crippen LogP contribution in [0.2, 0.25) is 0 Å². The number of nitro benzene ring substituents is 1. The van der Waals surface area contributed by atoms with Gasteiger partial charge in [0.05, 0.1) is 10.8 Å². The predicted molar refractivity (Wildman–Crippen MR) is 53.6 cm³/mol. The Balaban J connectivity index is 2.58. The highest BCUT2D eigenvalue weighted by Gasteiger charge is 2.09. The summed E-state index contributed by atoms with van der Waals surface area (Å²) >= 11 is 0. The number of nitro groups is 1. The van der Waals surface area contributed by atoms with Crippen molar-refractivity contribution in [1.29, 1.82) is 0 Å². The van der Waals surface area contributed by atoms with Crippen LogP contribution in [0, 0.1) is 10.1 Å². The first-order chi connectivity index (χ1) is 7.61. The lowest BCUT2D eigenvalue weighted by molar-refractivity contribution is -0.384. The van der Waals surface area contributed by atoms with Crippen molar-refractivity contribution in [2.24, 2.45) is 10.9 Å². The Labute approximate surface area is 88.9 Å². The number of rotatable bonds is 2. The van der Waals surface area contributed by atoms with Crippen LogP contribution < -0.4 is 10.9 Å². The number of furan rings is 1. The molecular formula is C9H6N3O4-. The normalized spacial score (nSPS) is 11.9. The third-order valence-electron chi connectivity index (χ3n) is 2.04. The summed E-state index contributed by atoms with van der Waals surface area (Å²) in [5, 5.41) is 25.0. The molecule has 7 nitrogen and oxygen atoms in total. The van der Waals surface area contributed by atoms with Crippen molar-refractivity contribution in [1.82, 2.24) is 0 Å². The Morgan fingerprint density at radius 1 is 1.44 bits per heavy atom. The van der Waals surface area contributed by atoms with Gasteiger partial charge in [-0.1, -0.05) is 0 Å². The van der Waals surface area contributed by atoms with E-state index >= 15 is 0 Å². The first-order valence-corrected chi connectivity index (χ1v) is 4.25. The third-order valence-corrected chi connectivity index (χ3v) is 2.04. The number of benzene rings is 1. The van der Waals surface area contributed by atoms with E-state index in [1.54, 1.807) is 0 Å². The summed E-state index contributed by atoms with van der Waals surface area (Å²) in [5.74, 6) is 4.06. The summed E-state index contributed by atoms with van der Waals surface area (Å²) < 4.78 is 5.11. The lowest BCUT2D eigenvalue weighted by Gasteiger charge is -2.01. The molecule has 0 aliphatic carbocycles. The molecule has 0 spiro atoms. The van der Waals surface area contributed by atoms with Gasteiger partial charge in [-0.15, -0.1) is 0 Å². The van der Waals surface area contributed by atoms with Gasteiger partial charge in [-0.3, -0.25) is 10.1 Å². The maximum atomic E-state index is 11.1. The molecule has 0 saturated carbocycles. The topological polar surface area (TPSA) is 118 Å². The van der Waals surface area contributed by atoms with Gasteiger partial charge in [0.2, 0.25) is 0 Å². The van der Waals surface area contributed by atoms with Gasteiger partial charge in [0, 0.05) is 17.5 Å². The molecule has 1 aromatic heterocycles. The molecule has 0 saturated heterocycles. The van der Waals surface area contributed by atoms with Gasteiger partial charge < -0.3 is 15.4 Å². The minimum absolute atomic E-state index is 0.0435. The molecule has 0 bridgehead atoms. The molecule has 1 heterocycles. The lowest BCUT2D eigenvalue weighted by atomic mass is 10.2. The van der Waals surface area contributed by atoms with Gasteiger partial charge in [0.25, 0.3) is 5.69 Å². The largest absolute Gasteiger partial charge is 0.855 e. The zero-order valence-corrected chi connectivity index (χ0v) is 7.91. The minimum atomic E-state index is -0.709. The molecule has 2 N–H and O–H groups in total. The summed E-state index contributed by atoms with van der Waals surface area (Å²) in [5.41, 5.74) is 0.301. The number of hydrogen-bond donors (Lipinski definition) is 1. The Morgan fingerprint density at radius 2 is 2.19 bits per heavy atom. The highest BCUT2D eigenvalue weighted by molar-refractivity contribution is 5.93. The summed E-state index contributed by atoms with van der Waals surface area (Å²) in [6.07, 6.45) is 0. The van der Waals surface area contributed by atoms with E-state index in [2.05, 4.69) is 5.10 Å². The molecule has 82 valence electrons. The SMILES string of the molecule is NN=C([O-])c1cc2cc([N+](=O)[O-])ccc2o1. The summed E-state index contributed by atoms with van der Waals surface area (Å²) in [6, 6.07) is 5.38. The molecule has 0 aliphatic heterocycles. The molecule has 0 fully saturated rings. The van der Waals surface area contributed by atoms with Crippen molar-refractivity contribution in [3.8, 4) is 0 Å². The second-order valence-corrected chi connectivity index (χ2v) is 3.02. The Bertz CT molecular complexity index is 587. The van der Waals surface area contributed by atoms with Gasteiger partial charge in [0.15, 0.2) is 0 Å². The number of nitrogens with zero attached hydrogens (tertiary/aromatic N) is 2. The van der Waals surface area contributed by atoms with E-state index < -0.39 is 10.8 Å². The molecule has 0 unspecified atom stereocenters. The molecule has 16 heavy (non-hydrogen) atoms. The van der Waals surface area contributed by atoms with Gasteiger partial charge in [-0.05, 0) is 12.1 Å². The molecule has 0 radical (unpaired) electrons. The molecule has 1 aromatic carbocycles. The molecule has 0 atom stereocenters. The average Bonchev–Trinajstić information content (AvgIpc) is 2.70. The van der Waals surface area contributed by atoms with Crippen LogP contribution >= 0.6 is 0 Å². The quantitative estimate of drug-likeness (QED) is 0.257. The van der Waals surface area contributed by atoms with E-state index in [-0.39, 0.29) is 11.4 Å². The van der Waals surface area contributed by atoms with Crippen LogP contribution in [0.5, 0.6) is 0 Å². The van der Waals surface area contributed by atoms with Crippen molar-refractivity contribution < 1.29 is 14.4 Å². The first-order valence-electron chi connectivity index (χ1n) is 4.25. The Hall–Kier alpha value is -2.57. The second kappa shape index (κ2) is 3.54.